The van der Waals surface area contributed by atoms with Crippen LogP contribution >= 0.6 is 68.1 Å². The van der Waals surface area contributed by atoms with Gasteiger partial charge in [0.15, 0.2) is 16.3 Å². The summed E-state index contributed by atoms with van der Waals surface area (Å²) in [5.74, 6) is 1.30. The van der Waals surface area contributed by atoms with Crippen LogP contribution < -0.4 is 29.1 Å². The van der Waals surface area contributed by atoms with Gasteiger partial charge >= 0.3 is 5.97 Å². The number of esters is 1. The molecule has 4 aromatic rings. The maximum absolute atomic E-state index is 14.1. The summed E-state index contributed by atoms with van der Waals surface area (Å²) in [5, 5.41) is 0.676. The maximum Gasteiger partial charge on any atom is 0.338 e. The molecule has 1 atom stereocenters. The molecule has 1 aliphatic rings. The lowest BCUT2D eigenvalue weighted by atomic mass is 9.95. The van der Waals surface area contributed by atoms with Crippen LogP contribution in [0.25, 0.3) is 6.08 Å². The molecular formula is C34H31ClI2N2O6S. The van der Waals surface area contributed by atoms with Crippen LogP contribution in [0.1, 0.15) is 50.4 Å². The number of carbonyl (C=O) groups excluding carboxylic acids is 1. The van der Waals surface area contributed by atoms with E-state index in [0.29, 0.717) is 49.3 Å². The van der Waals surface area contributed by atoms with Gasteiger partial charge in [-0.3, -0.25) is 9.36 Å². The van der Waals surface area contributed by atoms with Gasteiger partial charge in [0.05, 0.1) is 48.8 Å². The molecule has 0 bridgehead atoms. The first-order valence-electron chi connectivity index (χ1n) is 14.4. The topological polar surface area (TPSA) is 88.4 Å². The predicted octanol–water partition coefficient (Wildman–Crippen LogP) is 7.04. The second-order valence-electron chi connectivity index (χ2n) is 10.6. The highest BCUT2D eigenvalue weighted by Crippen LogP contribution is 2.37. The van der Waals surface area contributed by atoms with Gasteiger partial charge in [0.2, 0.25) is 0 Å². The molecule has 0 unspecified atom stereocenters. The molecular weight excluding hydrogens is 854 g/mol. The van der Waals surface area contributed by atoms with Gasteiger partial charge in [0.25, 0.3) is 5.56 Å². The van der Waals surface area contributed by atoms with Gasteiger partial charge in [-0.2, -0.15) is 0 Å². The van der Waals surface area contributed by atoms with Crippen LogP contribution in [0.2, 0.25) is 5.02 Å². The van der Waals surface area contributed by atoms with Crippen molar-refractivity contribution in [2.24, 2.45) is 4.99 Å². The molecule has 12 heteroatoms. The number of aromatic nitrogens is 1. The lowest BCUT2D eigenvalue weighted by Gasteiger charge is -2.25. The van der Waals surface area contributed by atoms with Crippen molar-refractivity contribution in [2.45, 2.75) is 46.4 Å². The van der Waals surface area contributed by atoms with E-state index in [2.05, 4.69) is 50.2 Å². The quantitative estimate of drug-likeness (QED) is 0.126. The Morgan fingerprint density at radius 1 is 1.09 bits per heavy atom. The zero-order valence-electron chi connectivity index (χ0n) is 25.7. The first-order chi connectivity index (χ1) is 22.0. The van der Waals surface area contributed by atoms with E-state index in [1.54, 1.807) is 37.7 Å². The van der Waals surface area contributed by atoms with Crippen molar-refractivity contribution in [1.29, 1.82) is 0 Å². The number of allylic oxidation sites excluding steroid dienone is 1. The molecule has 46 heavy (non-hydrogen) atoms. The average molecular weight is 885 g/mol. The molecule has 0 saturated heterocycles. The van der Waals surface area contributed by atoms with Crippen LogP contribution in [0.15, 0.2) is 75.7 Å². The number of nitrogens with zero attached hydrogens (tertiary/aromatic N) is 2. The fourth-order valence-electron chi connectivity index (χ4n) is 5.00. The van der Waals surface area contributed by atoms with Crippen LogP contribution in [0.3, 0.4) is 0 Å². The number of fused-ring (bicyclic) bond motifs is 1. The van der Waals surface area contributed by atoms with Gasteiger partial charge in [-0.05, 0) is 132 Å². The summed E-state index contributed by atoms with van der Waals surface area (Å²) < 4.78 is 27.0. The molecule has 0 radical (unpaired) electrons. The van der Waals surface area contributed by atoms with Gasteiger partial charge in [-0.15, -0.1) is 0 Å². The van der Waals surface area contributed by atoms with Crippen molar-refractivity contribution in [3.8, 4) is 17.2 Å². The van der Waals surface area contributed by atoms with Crippen molar-refractivity contribution in [3.63, 3.8) is 0 Å². The molecule has 8 nitrogen and oxygen atoms in total. The lowest BCUT2D eigenvalue weighted by Crippen LogP contribution is -2.40. The molecule has 1 aliphatic heterocycles. The molecule has 0 fully saturated rings. The van der Waals surface area contributed by atoms with Crippen LogP contribution in [0, 0.1) is 7.14 Å². The van der Waals surface area contributed by atoms with Crippen LogP contribution in [-0.4, -0.2) is 30.4 Å². The van der Waals surface area contributed by atoms with E-state index in [1.165, 1.54) is 11.3 Å². The van der Waals surface area contributed by atoms with Crippen LogP contribution in [0.4, 0.5) is 0 Å². The van der Waals surface area contributed by atoms with E-state index in [-0.39, 0.29) is 18.3 Å². The zero-order valence-corrected chi connectivity index (χ0v) is 31.6. The van der Waals surface area contributed by atoms with E-state index >= 15 is 0 Å². The summed E-state index contributed by atoms with van der Waals surface area (Å²) in [5.41, 5.74) is 3.04. The van der Waals surface area contributed by atoms with E-state index in [4.69, 9.17) is 30.5 Å². The Kier molecular flexibility index (Phi) is 11.2. The van der Waals surface area contributed by atoms with Gasteiger partial charge in [-0.1, -0.05) is 41.1 Å². The molecule has 0 spiro atoms. The van der Waals surface area contributed by atoms with Crippen LogP contribution in [-0.2, 0) is 16.1 Å². The number of halogens is 3. The minimum Gasteiger partial charge on any atom is -0.493 e. The smallest absolute Gasteiger partial charge is 0.338 e. The Balaban J connectivity index is 1.57. The molecule has 240 valence electrons. The van der Waals surface area contributed by atoms with E-state index in [0.717, 1.165) is 24.0 Å². The Labute approximate surface area is 303 Å². The maximum atomic E-state index is 14.1. The molecule has 5 rings (SSSR count). The van der Waals surface area contributed by atoms with Crippen molar-refractivity contribution in [1.82, 2.24) is 4.57 Å². The Hall–Kier alpha value is -2.88. The zero-order chi connectivity index (χ0) is 33.1. The molecule has 0 N–H and O–H groups in total. The molecule has 2 heterocycles. The number of ether oxygens (including phenoxy) is 4. The summed E-state index contributed by atoms with van der Waals surface area (Å²) in [4.78, 5) is 32.6. The van der Waals surface area contributed by atoms with Crippen molar-refractivity contribution < 1.29 is 23.7 Å². The van der Waals surface area contributed by atoms with Gasteiger partial charge in [-0.25, -0.2) is 9.79 Å². The fourth-order valence-corrected chi connectivity index (χ4v) is 8.30. The van der Waals surface area contributed by atoms with E-state index in [9.17, 15) is 9.59 Å². The second kappa shape index (κ2) is 14.9. The van der Waals surface area contributed by atoms with E-state index < -0.39 is 12.0 Å². The third-order valence-corrected chi connectivity index (χ3v) is 9.84. The number of carbonyl (C=O) groups is 1. The van der Waals surface area contributed by atoms with Gasteiger partial charge in [0, 0.05) is 5.02 Å². The standard InChI is InChI=1S/C34H31ClI2N2O6S/c1-6-43-33(41)29-19(4)38-34-39(30(29)22-9-12-26(45-18(2)3)27(16-22)42-5)32(40)28(46-34)15-21-13-24(36)31(25(37)14-21)44-17-20-7-10-23(35)11-8-20/h7-16,18,30H,6,17H2,1-5H3/b28-15-/t30-/m0/s1. The summed E-state index contributed by atoms with van der Waals surface area (Å²) in [6.07, 6.45) is 1.78. The average Bonchev–Trinajstić information content (AvgIpc) is 3.30. The highest BCUT2D eigenvalue weighted by atomic mass is 127. The largest absolute Gasteiger partial charge is 0.493 e. The Morgan fingerprint density at radius 2 is 1.78 bits per heavy atom. The molecule has 1 aromatic heterocycles. The number of methoxy groups -OCH3 is 1. The highest BCUT2D eigenvalue weighted by molar-refractivity contribution is 14.1. The fraction of sp³-hybridized carbons (Fsp3) is 0.265. The number of hydrogen-bond acceptors (Lipinski definition) is 8. The predicted molar refractivity (Wildman–Crippen MR) is 197 cm³/mol. The molecule has 0 amide bonds. The monoisotopic (exact) mass is 884 g/mol. The second-order valence-corrected chi connectivity index (χ2v) is 14.4. The number of benzene rings is 3. The first kappa shape index (κ1) is 34.5. The summed E-state index contributed by atoms with van der Waals surface area (Å²) >= 11 is 11.8. The third-order valence-electron chi connectivity index (χ3n) is 7.00. The summed E-state index contributed by atoms with van der Waals surface area (Å²) in [6.45, 7) is 7.96. The SMILES string of the molecule is CCOC(=O)C1=C(C)N=c2s/c(=C\c3cc(I)c(OCc4ccc(Cl)cc4)c(I)c3)c(=O)n2[C@H]1c1ccc(OC(C)C)c(OC)c1. The lowest BCUT2D eigenvalue weighted by molar-refractivity contribution is -0.139. The highest BCUT2D eigenvalue weighted by Gasteiger charge is 2.34. The Morgan fingerprint density at radius 3 is 2.41 bits per heavy atom. The van der Waals surface area contributed by atoms with Gasteiger partial charge in [0.1, 0.15) is 12.4 Å². The molecule has 3 aromatic carbocycles. The summed E-state index contributed by atoms with van der Waals surface area (Å²) in [7, 11) is 1.56. The number of rotatable bonds is 10. The number of hydrogen-bond donors (Lipinski definition) is 0. The minimum absolute atomic E-state index is 0.0649. The van der Waals surface area contributed by atoms with Gasteiger partial charge < -0.3 is 18.9 Å². The van der Waals surface area contributed by atoms with Crippen LogP contribution in [0.5, 0.6) is 17.2 Å². The Bertz CT molecular complexity index is 1980. The number of thiazole rings is 1. The van der Waals surface area contributed by atoms with E-state index in [1.807, 2.05) is 62.4 Å². The molecule has 0 saturated carbocycles. The first-order valence-corrected chi connectivity index (χ1v) is 17.8. The normalized spacial score (nSPS) is 14.6. The van der Waals surface area contributed by atoms with Crippen molar-refractivity contribution in [3.05, 3.63) is 114 Å². The minimum atomic E-state index is -0.775. The van der Waals surface area contributed by atoms with Crippen molar-refractivity contribution >= 4 is 80.2 Å². The van der Waals surface area contributed by atoms with Crippen molar-refractivity contribution in [2.75, 3.05) is 13.7 Å². The third kappa shape index (κ3) is 7.47. The molecule has 0 aliphatic carbocycles. The summed E-state index contributed by atoms with van der Waals surface area (Å²) in [6, 6.07) is 16.1.